The molecule has 4 rings (SSSR count). The molecule has 0 unspecified atom stereocenters. The van der Waals surface area contributed by atoms with E-state index in [1.807, 2.05) is 29.0 Å². The Bertz CT molecular complexity index is 1130. The van der Waals surface area contributed by atoms with Crippen LogP contribution >= 0.6 is 11.6 Å². The Balaban J connectivity index is 1.67. The first-order valence-corrected chi connectivity index (χ1v) is 10.6. The molecule has 0 bridgehead atoms. The van der Waals surface area contributed by atoms with Gasteiger partial charge in [-0.05, 0) is 35.4 Å². The lowest BCUT2D eigenvalue weighted by molar-refractivity contribution is -0.138. The smallest absolute Gasteiger partial charge is 0.322 e. The van der Waals surface area contributed by atoms with Gasteiger partial charge in [-0.25, -0.2) is 13.1 Å². The summed E-state index contributed by atoms with van der Waals surface area (Å²) in [6.45, 7) is 0. The van der Waals surface area contributed by atoms with Crippen LogP contribution in [0.4, 0.5) is 0 Å². The molecule has 0 spiro atoms. The number of sulfonamides is 1. The average molecular weight is 430 g/mol. The van der Waals surface area contributed by atoms with Crippen LogP contribution in [-0.4, -0.2) is 20.6 Å². The quantitative estimate of drug-likeness (QED) is 0.688. The summed E-state index contributed by atoms with van der Waals surface area (Å²) < 4.78 is 38.7. The molecule has 1 N–H and O–H groups in total. The van der Waals surface area contributed by atoms with Gasteiger partial charge in [-0.2, -0.15) is 0 Å². The van der Waals surface area contributed by atoms with Crippen molar-refractivity contribution in [1.29, 1.82) is 0 Å². The number of carbonyl (C=O) groups is 1. The van der Waals surface area contributed by atoms with E-state index in [-0.39, 0.29) is 9.92 Å². The second-order valence-electron chi connectivity index (χ2n) is 6.36. The van der Waals surface area contributed by atoms with E-state index in [2.05, 4.69) is 0 Å². The number of hydrogen-bond acceptors (Lipinski definition) is 5. The van der Waals surface area contributed by atoms with Crippen molar-refractivity contribution < 1.29 is 22.7 Å². The lowest BCUT2D eigenvalue weighted by Crippen LogP contribution is -2.45. The van der Waals surface area contributed by atoms with Crippen molar-refractivity contribution in [2.45, 2.75) is 17.6 Å². The Kier molecular flexibility index (Phi) is 5.17. The molecule has 1 aliphatic heterocycles. The predicted octanol–water partition coefficient (Wildman–Crippen LogP) is 3.53. The van der Waals surface area contributed by atoms with Crippen LogP contribution in [0.3, 0.4) is 0 Å². The van der Waals surface area contributed by atoms with Crippen molar-refractivity contribution in [2.75, 3.05) is 0 Å². The summed E-state index contributed by atoms with van der Waals surface area (Å²) in [6.07, 6.45) is -0.951. The second kappa shape index (κ2) is 7.77. The third-order valence-corrected chi connectivity index (χ3v) is 6.22. The molecule has 8 heteroatoms. The maximum atomic E-state index is 12.8. The monoisotopic (exact) mass is 429 g/mol. The molecule has 148 valence electrons. The van der Waals surface area contributed by atoms with Crippen LogP contribution in [0.25, 0.3) is 0 Å². The zero-order valence-corrected chi connectivity index (χ0v) is 16.6. The predicted molar refractivity (Wildman–Crippen MR) is 108 cm³/mol. The van der Waals surface area contributed by atoms with Gasteiger partial charge < -0.3 is 9.47 Å². The molecule has 3 aromatic carbocycles. The zero-order chi connectivity index (χ0) is 20.4. The Labute approximate surface area is 173 Å². The first-order valence-electron chi connectivity index (χ1n) is 8.74. The lowest BCUT2D eigenvalue weighted by atomic mass is 10.0. The van der Waals surface area contributed by atoms with Gasteiger partial charge in [0.15, 0.2) is 0 Å². The minimum Gasteiger partial charge on any atom is -0.446 e. The first kappa shape index (κ1) is 19.3. The highest BCUT2D eigenvalue weighted by atomic mass is 35.5. The summed E-state index contributed by atoms with van der Waals surface area (Å²) >= 11 is 5.97. The summed E-state index contributed by atoms with van der Waals surface area (Å²) in [5.74, 6) is -0.0778. The van der Waals surface area contributed by atoms with Gasteiger partial charge in [-0.1, -0.05) is 60.1 Å². The number of benzene rings is 3. The first-order chi connectivity index (χ1) is 13.9. The summed E-state index contributed by atoms with van der Waals surface area (Å²) in [4.78, 5) is 12.6. The van der Waals surface area contributed by atoms with E-state index < -0.39 is 22.2 Å². The van der Waals surface area contributed by atoms with E-state index in [9.17, 15) is 13.2 Å². The summed E-state index contributed by atoms with van der Waals surface area (Å²) in [5.41, 5.74) is 1.71. The van der Waals surface area contributed by atoms with Gasteiger partial charge in [0.1, 0.15) is 16.4 Å². The van der Waals surface area contributed by atoms with Crippen LogP contribution in [0, 0.1) is 0 Å². The molecule has 3 aromatic rings. The number of carbonyl (C=O) groups excluding carboxylic acids is 1. The topological polar surface area (TPSA) is 81.7 Å². The normalized spacial score (nSPS) is 13.7. The Morgan fingerprint density at radius 1 is 0.862 bits per heavy atom. The lowest BCUT2D eigenvalue weighted by Gasteiger charge is -2.25. The zero-order valence-electron chi connectivity index (χ0n) is 15.0. The molecule has 0 saturated heterocycles. The highest BCUT2D eigenvalue weighted by Crippen LogP contribution is 2.31. The van der Waals surface area contributed by atoms with Gasteiger partial charge in [0.2, 0.25) is 0 Å². The Morgan fingerprint density at radius 3 is 1.97 bits per heavy atom. The SMILES string of the molecule is O=C(NS(=O)(=O)c1ccccc1Cl)C1Oc2ccccc2Cc2ccccc2O1. The van der Waals surface area contributed by atoms with Crippen molar-refractivity contribution in [2.24, 2.45) is 0 Å². The fourth-order valence-corrected chi connectivity index (χ4v) is 4.49. The van der Waals surface area contributed by atoms with Gasteiger partial charge in [-0.15, -0.1) is 0 Å². The van der Waals surface area contributed by atoms with Crippen LogP contribution in [0.5, 0.6) is 11.5 Å². The van der Waals surface area contributed by atoms with Gasteiger partial charge in [0, 0.05) is 6.42 Å². The molecule has 6 nitrogen and oxygen atoms in total. The molecule has 1 heterocycles. The summed E-state index contributed by atoms with van der Waals surface area (Å²) in [7, 11) is -4.21. The molecule has 0 aromatic heterocycles. The maximum absolute atomic E-state index is 12.8. The molecule has 1 aliphatic rings. The van der Waals surface area contributed by atoms with E-state index in [1.54, 1.807) is 30.3 Å². The van der Waals surface area contributed by atoms with Crippen LogP contribution in [0.1, 0.15) is 11.1 Å². The fourth-order valence-electron chi connectivity index (χ4n) is 2.99. The molecular weight excluding hydrogens is 414 g/mol. The number of rotatable bonds is 3. The molecule has 0 atom stereocenters. The highest BCUT2D eigenvalue weighted by molar-refractivity contribution is 7.90. The van der Waals surface area contributed by atoms with Crippen molar-refractivity contribution in [1.82, 2.24) is 4.72 Å². The number of para-hydroxylation sites is 2. The minimum absolute atomic E-state index is 0.00277. The molecule has 0 aliphatic carbocycles. The van der Waals surface area contributed by atoms with Crippen molar-refractivity contribution in [3.63, 3.8) is 0 Å². The molecule has 0 fully saturated rings. The molecular formula is C21H16ClNO5S. The number of fused-ring (bicyclic) bond motifs is 2. The van der Waals surface area contributed by atoms with Gasteiger partial charge in [0.05, 0.1) is 5.02 Å². The summed E-state index contributed by atoms with van der Waals surface area (Å²) in [5, 5.41) is 0.00277. The van der Waals surface area contributed by atoms with Crippen molar-refractivity contribution >= 4 is 27.5 Å². The van der Waals surface area contributed by atoms with E-state index in [0.29, 0.717) is 17.9 Å². The van der Waals surface area contributed by atoms with E-state index in [4.69, 9.17) is 21.1 Å². The maximum Gasteiger partial charge on any atom is 0.322 e. The van der Waals surface area contributed by atoms with E-state index >= 15 is 0 Å². The number of hydrogen-bond donors (Lipinski definition) is 1. The van der Waals surface area contributed by atoms with E-state index in [0.717, 1.165) is 11.1 Å². The number of halogens is 1. The molecule has 0 saturated carbocycles. The average Bonchev–Trinajstić information content (AvgIpc) is 2.68. The van der Waals surface area contributed by atoms with Crippen LogP contribution in [0.15, 0.2) is 77.7 Å². The molecule has 1 amide bonds. The number of ether oxygens (including phenoxy) is 2. The Morgan fingerprint density at radius 2 is 1.38 bits per heavy atom. The third-order valence-electron chi connectivity index (χ3n) is 4.37. The van der Waals surface area contributed by atoms with Crippen LogP contribution in [0.2, 0.25) is 5.02 Å². The van der Waals surface area contributed by atoms with E-state index in [1.165, 1.54) is 18.2 Å². The van der Waals surface area contributed by atoms with Crippen molar-refractivity contribution in [3.05, 3.63) is 88.9 Å². The van der Waals surface area contributed by atoms with Crippen LogP contribution < -0.4 is 14.2 Å². The molecule has 29 heavy (non-hydrogen) atoms. The number of amides is 1. The summed E-state index contributed by atoms with van der Waals surface area (Å²) in [6, 6.07) is 20.3. The fraction of sp³-hybridized carbons (Fsp3) is 0.0952. The van der Waals surface area contributed by atoms with Gasteiger partial charge >= 0.3 is 12.2 Å². The second-order valence-corrected chi connectivity index (χ2v) is 8.42. The number of nitrogens with one attached hydrogen (secondary N) is 1. The van der Waals surface area contributed by atoms with Crippen LogP contribution in [-0.2, 0) is 21.2 Å². The minimum atomic E-state index is -4.21. The largest absolute Gasteiger partial charge is 0.446 e. The standard InChI is InChI=1S/C21H16ClNO5S/c22-16-9-3-6-12-19(16)29(25,26)23-20(24)21-27-17-10-4-1-7-14(17)13-15-8-2-5-11-18(15)28-21/h1-12,21H,13H2,(H,23,24). The molecule has 0 radical (unpaired) electrons. The Hall–Kier alpha value is -3.03. The van der Waals surface area contributed by atoms with Gasteiger partial charge in [0.25, 0.3) is 10.0 Å². The van der Waals surface area contributed by atoms with Crippen molar-refractivity contribution in [3.8, 4) is 11.5 Å². The van der Waals surface area contributed by atoms with Gasteiger partial charge in [-0.3, -0.25) is 4.79 Å². The third kappa shape index (κ3) is 4.06. The highest BCUT2D eigenvalue weighted by Gasteiger charge is 2.31.